The first kappa shape index (κ1) is 12.0. The molecule has 1 aliphatic carbocycles. The summed E-state index contributed by atoms with van der Waals surface area (Å²) in [6.45, 7) is 1.63. The van der Waals surface area contributed by atoms with Crippen molar-refractivity contribution in [2.75, 3.05) is 13.2 Å². The number of hydrogen-bond acceptors (Lipinski definition) is 3. The Morgan fingerprint density at radius 2 is 2.06 bits per heavy atom. The summed E-state index contributed by atoms with van der Waals surface area (Å²) in [7, 11) is 0. The Bertz CT molecular complexity index is 409. The van der Waals surface area contributed by atoms with Crippen molar-refractivity contribution in [3.05, 3.63) is 29.8 Å². The Labute approximate surface area is 108 Å². The molecule has 0 aromatic heterocycles. The normalized spacial score (nSPS) is 22.7. The van der Waals surface area contributed by atoms with Crippen molar-refractivity contribution >= 4 is 0 Å². The molecule has 0 bridgehead atoms. The zero-order valence-electron chi connectivity index (χ0n) is 10.7. The molecule has 98 valence electrons. The van der Waals surface area contributed by atoms with Gasteiger partial charge < -0.3 is 15.2 Å². The van der Waals surface area contributed by atoms with Crippen LogP contribution in [0.25, 0.3) is 0 Å². The predicted octanol–water partition coefficient (Wildman–Crippen LogP) is 2.28. The highest BCUT2D eigenvalue weighted by atomic mass is 16.5. The van der Waals surface area contributed by atoms with Crippen molar-refractivity contribution in [2.24, 2.45) is 5.73 Å². The first-order valence-electron chi connectivity index (χ1n) is 6.86. The third-order valence-electron chi connectivity index (χ3n) is 3.82. The van der Waals surface area contributed by atoms with Crippen LogP contribution in [-0.2, 0) is 11.2 Å². The van der Waals surface area contributed by atoms with Crippen molar-refractivity contribution in [3.8, 4) is 5.75 Å². The van der Waals surface area contributed by atoms with E-state index < -0.39 is 0 Å². The molecule has 2 fully saturated rings. The minimum Gasteiger partial charge on any atom is -0.490 e. The van der Waals surface area contributed by atoms with Crippen LogP contribution in [0.5, 0.6) is 5.75 Å². The molecular weight excluding hydrogens is 226 g/mol. The molecule has 0 amide bonds. The number of hydrogen-bond donors (Lipinski definition) is 1. The van der Waals surface area contributed by atoms with Crippen LogP contribution in [0.3, 0.4) is 0 Å². The number of benzene rings is 1. The van der Waals surface area contributed by atoms with E-state index in [2.05, 4.69) is 18.2 Å². The summed E-state index contributed by atoms with van der Waals surface area (Å²) in [5.74, 6) is 0.976. The third kappa shape index (κ3) is 3.03. The molecule has 1 aliphatic heterocycles. The van der Waals surface area contributed by atoms with E-state index in [0.717, 1.165) is 51.1 Å². The van der Waals surface area contributed by atoms with Crippen molar-refractivity contribution < 1.29 is 9.47 Å². The predicted molar refractivity (Wildman–Crippen MR) is 70.8 cm³/mol. The maximum absolute atomic E-state index is 6.16. The molecule has 2 aliphatic rings. The van der Waals surface area contributed by atoms with Gasteiger partial charge in [-0.15, -0.1) is 0 Å². The smallest absolute Gasteiger partial charge is 0.119 e. The number of rotatable bonds is 4. The fraction of sp³-hybridized carbons (Fsp3) is 0.600. The van der Waals surface area contributed by atoms with Crippen LogP contribution in [0.2, 0.25) is 0 Å². The van der Waals surface area contributed by atoms with E-state index in [1.54, 1.807) is 0 Å². The SMILES string of the molecule is NC1(Cc2cccc(OC3CCOCC3)c2)CC1. The minimum atomic E-state index is 0.0668. The maximum Gasteiger partial charge on any atom is 0.119 e. The van der Waals surface area contributed by atoms with Gasteiger partial charge >= 0.3 is 0 Å². The molecule has 3 nitrogen and oxygen atoms in total. The molecule has 3 heteroatoms. The quantitative estimate of drug-likeness (QED) is 0.887. The highest BCUT2D eigenvalue weighted by Crippen LogP contribution is 2.36. The summed E-state index contributed by atoms with van der Waals surface area (Å²) in [6.07, 6.45) is 5.56. The van der Waals surface area contributed by atoms with Gasteiger partial charge in [-0.1, -0.05) is 12.1 Å². The van der Waals surface area contributed by atoms with E-state index in [0.29, 0.717) is 6.10 Å². The molecule has 1 saturated heterocycles. The lowest BCUT2D eigenvalue weighted by Gasteiger charge is -2.23. The highest BCUT2D eigenvalue weighted by Gasteiger charge is 2.37. The fourth-order valence-corrected chi connectivity index (χ4v) is 2.46. The minimum absolute atomic E-state index is 0.0668. The molecule has 1 aromatic carbocycles. The molecule has 1 aromatic rings. The second kappa shape index (κ2) is 4.90. The van der Waals surface area contributed by atoms with Crippen LogP contribution in [0.1, 0.15) is 31.2 Å². The Morgan fingerprint density at radius 1 is 1.28 bits per heavy atom. The van der Waals surface area contributed by atoms with E-state index in [4.69, 9.17) is 15.2 Å². The van der Waals surface area contributed by atoms with Gasteiger partial charge in [0, 0.05) is 18.4 Å². The second-order valence-corrected chi connectivity index (χ2v) is 5.62. The largest absolute Gasteiger partial charge is 0.490 e. The molecular formula is C15H21NO2. The lowest BCUT2D eigenvalue weighted by atomic mass is 10.0. The van der Waals surface area contributed by atoms with E-state index in [-0.39, 0.29) is 5.54 Å². The van der Waals surface area contributed by atoms with Crippen LogP contribution < -0.4 is 10.5 Å². The first-order valence-corrected chi connectivity index (χ1v) is 6.86. The summed E-state index contributed by atoms with van der Waals surface area (Å²) in [5, 5.41) is 0. The Morgan fingerprint density at radius 3 is 2.78 bits per heavy atom. The van der Waals surface area contributed by atoms with Gasteiger partial charge in [-0.05, 0) is 37.0 Å². The van der Waals surface area contributed by atoms with Gasteiger partial charge in [0.25, 0.3) is 0 Å². The van der Waals surface area contributed by atoms with Gasteiger partial charge in [0.15, 0.2) is 0 Å². The standard InChI is InChI=1S/C15H21NO2/c16-15(6-7-15)11-12-2-1-3-14(10-12)18-13-4-8-17-9-5-13/h1-3,10,13H,4-9,11,16H2. The molecule has 1 heterocycles. The van der Waals surface area contributed by atoms with E-state index in [9.17, 15) is 0 Å². The Kier molecular flexibility index (Phi) is 3.27. The third-order valence-corrected chi connectivity index (χ3v) is 3.82. The van der Waals surface area contributed by atoms with Crippen molar-refractivity contribution in [2.45, 2.75) is 43.7 Å². The lowest BCUT2D eigenvalue weighted by Crippen LogP contribution is -2.26. The van der Waals surface area contributed by atoms with Crippen LogP contribution in [0.15, 0.2) is 24.3 Å². The summed E-state index contributed by atoms with van der Waals surface area (Å²) in [4.78, 5) is 0. The summed E-state index contributed by atoms with van der Waals surface area (Å²) < 4.78 is 11.3. The van der Waals surface area contributed by atoms with Gasteiger partial charge in [0.05, 0.1) is 13.2 Å². The second-order valence-electron chi connectivity index (χ2n) is 5.62. The monoisotopic (exact) mass is 247 g/mol. The molecule has 18 heavy (non-hydrogen) atoms. The van der Waals surface area contributed by atoms with Crippen molar-refractivity contribution in [3.63, 3.8) is 0 Å². The highest BCUT2D eigenvalue weighted by molar-refractivity contribution is 5.31. The Hall–Kier alpha value is -1.06. The maximum atomic E-state index is 6.16. The molecule has 1 saturated carbocycles. The summed E-state index contributed by atoms with van der Waals surface area (Å²) >= 11 is 0. The summed E-state index contributed by atoms with van der Waals surface area (Å²) in [6, 6.07) is 8.39. The topological polar surface area (TPSA) is 44.5 Å². The lowest BCUT2D eigenvalue weighted by molar-refractivity contribution is 0.0255. The van der Waals surface area contributed by atoms with Crippen LogP contribution >= 0.6 is 0 Å². The van der Waals surface area contributed by atoms with Crippen molar-refractivity contribution in [1.82, 2.24) is 0 Å². The van der Waals surface area contributed by atoms with Gasteiger partial charge in [-0.25, -0.2) is 0 Å². The summed E-state index contributed by atoms with van der Waals surface area (Å²) in [5.41, 5.74) is 7.51. The van der Waals surface area contributed by atoms with Crippen LogP contribution in [0, 0.1) is 0 Å². The van der Waals surface area contributed by atoms with Gasteiger partial charge in [-0.3, -0.25) is 0 Å². The van der Waals surface area contributed by atoms with Crippen LogP contribution in [-0.4, -0.2) is 24.9 Å². The van der Waals surface area contributed by atoms with Crippen LogP contribution in [0.4, 0.5) is 0 Å². The molecule has 0 atom stereocenters. The number of nitrogens with two attached hydrogens (primary N) is 1. The van der Waals surface area contributed by atoms with E-state index >= 15 is 0 Å². The zero-order valence-corrected chi connectivity index (χ0v) is 10.7. The van der Waals surface area contributed by atoms with Gasteiger partial charge in [0.1, 0.15) is 11.9 Å². The molecule has 2 N–H and O–H groups in total. The van der Waals surface area contributed by atoms with Gasteiger partial charge in [-0.2, -0.15) is 0 Å². The molecule has 0 radical (unpaired) electrons. The number of ether oxygens (including phenoxy) is 2. The average Bonchev–Trinajstić information content (AvgIpc) is 3.08. The fourth-order valence-electron chi connectivity index (χ4n) is 2.46. The zero-order chi connectivity index (χ0) is 12.4. The average molecular weight is 247 g/mol. The molecule has 0 spiro atoms. The molecule has 3 rings (SSSR count). The van der Waals surface area contributed by atoms with E-state index in [1.807, 2.05) is 6.07 Å². The Balaban J connectivity index is 1.62. The van der Waals surface area contributed by atoms with Crippen molar-refractivity contribution in [1.29, 1.82) is 0 Å². The first-order chi connectivity index (χ1) is 8.73. The van der Waals surface area contributed by atoms with E-state index in [1.165, 1.54) is 5.56 Å². The van der Waals surface area contributed by atoms with Gasteiger partial charge in [0.2, 0.25) is 0 Å². The molecule has 0 unspecified atom stereocenters.